The Morgan fingerprint density at radius 1 is 0.731 bits per heavy atom. The molecule has 0 aromatic carbocycles. The van der Waals surface area contributed by atoms with Crippen LogP contribution in [0.15, 0.2) is 47.3 Å². The number of allylic oxidation sites excluding steroid dienone is 6. The highest BCUT2D eigenvalue weighted by Gasteiger charge is 2.17. The molecule has 0 spiro atoms. The third-order valence-corrected chi connectivity index (χ3v) is 5.18. The first-order chi connectivity index (χ1) is 12.3. The maximum absolute atomic E-state index is 9.61. The van der Waals surface area contributed by atoms with E-state index in [1.165, 1.54) is 0 Å². The van der Waals surface area contributed by atoms with Crippen molar-refractivity contribution in [3.63, 3.8) is 0 Å². The average molecular weight is 364 g/mol. The van der Waals surface area contributed by atoms with Crippen LogP contribution in [0.2, 0.25) is 0 Å². The van der Waals surface area contributed by atoms with E-state index in [4.69, 9.17) is 0 Å². The number of aliphatic hydroxyl groups excluding tert-OH is 4. The molecule has 0 bridgehead atoms. The second-order valence-corrected chi connectivity index (χ2v) is 7.49. The summed E-state index contributed by atoms with van der Waals surface area (Å²) in [6.45, 7) is 3.82. The van der Waals surface area contributed by atoms with Gasteiger partial charge in [-0.1, -0.05) is 12.2 Å². The number of rotatable bonds is 9. The molecule has 4 N–H and O–H groups in total. The van der Waals surface area contributed by atoms with Gasteiger partial charge in [0.05, 0.1) is 0 Å². The molecule has 0 aromatic heterocycles. The Kier molecular flexibility index (Phi) is 7.60. The molecule has 0 aliphatic heterocycles. The molecule has 2 aliphatic carbocycles. The Bertz CT molecular complexity index is 543. The van der Waals surface area contributed by atoms with Crippen LogP contribution < -0.4 is 0 Å². The van der Waals surface area contributed by atoms with Gasteiger partial charge in [-0.15, -0.1) is 0 Å². The first kappa shape index (κ1) is 20.4. The zero-order valence-electron chi connectivity index (χ0n) is 15.8. The van der Waals surface area contributed by atoms with Crippen LogP contribution in [-0.2, 0) is 0 Å². The van der Waals surface area contributed by atoms with E-state index in [1.54, 1.807) is 12.2 Å². The van der Waals surface area contributed by atoms with Crippen molar-refractivity contribution >= 4 is 0 Å². The summed E-state index contributed by atoms with van der Waals surface area (Å²) in [4.78, 5) is 4.57. The SMILES string of the molecule is CN(CCC1C=CC(O)=C(O)C1)CCN(C)CCC1C=CC(O)=C(O)C1. The Balaban J connectivity index is 1.58. The molecule has 2 unspecified atom stereocenters. The smallest absolute Gasteiger partial charge is 0.152 e. The van der Waals surface area contributed by atoms with E-state index in [1.807, 2.05) is 12.2 Å². The first-order valence-electron chi connectivity index (χ1n) is 9.30. The molecule has 0 radical (unpaired) electrons. The molecule has 0 fully saturated rings. The highest BCUT2D eigenvalue weighted by atomic mass is 16.3. The molecule has 0 aromatic rings. The number of likely N-dealkylation sites (N-methyl/N-ethyl adjacent to an activating group) is 2. The van der Waals surface area contributed by atoms with Crippen LogP contribution in [0.4, 0.5) is 0 Å². The lowest BCUT2D eigenvalue weighted by Gasteiger charge is -2.25. The molecule has 146 valence electrons. The molecule has 0 saturated heterocycles. The minimum Gasteiger partial charge on any atom is -0.508 e. The minimum atomic E-state index is -0.0111. The van der Waals surface area contributed by atoms with E-state index in [0.29, 0.717) is 12.8 Å². The highest BCUT2D eigenvalue weighted by Crippen LogP contribution is 2.24. The maximum Gasteiger partial charge on any atom is 0.152 e. The fraction of sp³-hybridized carbons (Fsp3) is 0.600. The van der Waals surface area contributed by atoms with Crippen LogP contribution in [0.1, 0.15) is 25.7 Å². The van der Waals surface area contributed by atoms with Crippen molar-refractivity contribution in [3.05, 3.63) is 47.3 Å². The van der Waals surface area contributed by atoms with Crippen molar-refractivity contribution in [1.29, 1.82) is 0 Å². The van der Waals surface area contributed by atoms with E-state index in [0.717, 1.165) is 39.0 Å². The second-order valence-electron chi connectivity index (χ2n) is 7.49. The lowest BCUT2D eigenvalue weighted by molar-refractivity contribution is 0.232. The average Bonchev–Trinajstić information content (AvgIpc) is 2.62. The summed E-state index contributed by atoms with van der Waals surface area (Å²) >= 11 is 0. The fourth-order valence-electron chi connectivity index (χ4n) is 3.22. The van der Waals surface area contributed by atoms with Crippen molar-refractivity contribution in [2.45, 2.75) is 25.7 Å². The van der Waals surface area contributed by atoms with E-state index in [-0.39, 0.29) is 34.9 Å². The molecule has 6 nitrogen and oxygen atoms in total. The van der Waals surface area contributed by atoms with Gasteiger partial charge in [0.1, 0.15) is 11.5 Å². The Morgan fingerprint density at radius 3 is 1.46 bits per heavy atom. The summed E-state index contributed by atoms with van der Waals surface area (Å²) in [5.41, 5.74) is 0. The predicted octanol–water partition coefficient (Wildman–Crippen LogP) is 3.44. The van der Waals surface area contributed by atoms with Crippen LogP contribution in [0, 0.1) is 11.8 Å². The molecule has 0 saturated carbocycles. The largest absolute Gasteiger partial charge is 0.508 e. The van der Waals surface area contributed by atoms with E-state index in [9.17, 15) is 20.4 Å². The quantitative estimate of drug-likeness (QED) is 0.501. The molecule has 2 atom stereocenters. The summed E-state index contributed by atoms with van der Waals surface area (Å²) < 4.78 is 0. The van der Waals surface area contributed by atoms with Crippen molar-refractivity contribution in [3.8, 4) is 0 Å². The maximum atomic E-state index is 9.61. The summed E-state index contributed by atoms with van der Waals surface area (Å²) in [6, 6.07) is 0. The van der Waals surface area contributed by atoms with Crippen molar-refractivity contribution in [1.82, 2.24) is 9.80 Å². The van der Waals surface area contributed by atoms with Gasteiger partial charge in [-0.05, 0) is 64.0 Å². The van der Waals surface area contributed by atoms with Gasteiger partial charge in [0.25, 0.3) is 0 Å². The van der Waals surface area contributed by atoms with Gasteiger partial charge < -0.3 is 30.2 Å². The monoisotopic (exact) mass is 364 g/mol. The van der Waals surface area contributed by atoms with Crippen LogP contribution in [-0.4, -0.2) is 70.5 Å². The van der Waals surface area contributed by atoms with E-state index >= 15 is 0 Å². The van der Waals surface area contributed by atoms with Gasteiger partial charge >= 0.3 is 0 Å². The molecule has 2 aliphatic rings. The Morgan fingerprint density at radius 2 is 1.12 bits per heavy atom. The summed E-state index contributed by atoms with van der Waals surface area (Å²) in [6.07, 6.45) is 10.0. The van der Waals surface area contributed by atoms with Crippen LogP contribution in [0.3, 0.4) is 0 Å². The molecule has 0 heterocycles. The fourth-order valence-corrected chi connectivity index (χ4v) is 3.22. The van der Waals surface area contributed by atoms with Gasteiger partial charge in [-0.2, -0.15) is 0 Å². The van der Waals surface area contributed by atoms with Gasteiger partial charge in [-0.3, -0.25) is 0 Å². The minimum absolute atomic E-state index is 0.0111. The van der Waals surface area contributed by atoms with E-state index in [2.05, 4.69) is 23.9 Å². The van der Waals surface area contributed by atoms with Gasteiger partial charge in [0.2, 0.25) is 0 Å². The number of aliphatic hydroxyl groups is 4. The summed E-state index contributed by atoms with van der Waals surface area (Å²) in [7, 11) is 4.20. The van der Waals surface area contributed by atoms with Crippen LogP contribution in [0.5, 0.6) is 0 Å². The van der Waals surface area contributed by atoms with Crippen molar-refractivity contribution in [2.75, 3.05) is 40.3 Å². The zero-order valence-corrected chi connectivity index (χ0v) is 15.8. The van der Waals surface area contributed by atoms with Gasteiger partial charge in [0.15, 0.2) is 11.5 Å². The zero-order chi connectivity index (χ0) is 19.1. The van der Waals surface area contributed by atoms with Crippen LogP contribution in [0.25, 0.3) is 0 Å². The standard InChI is InChI=1S/C20H32N2O4/c1-21(9-7-15-3-5-17(23)19(25)13-15)11-12-22(2)10-8-16-4-6-18(24)20(26)14-16/h3-6,15-16,23-26H,7-14H2,1-2H3. The highest BCUT2D eigenvalue weighted by molar-refractivity contribution is 5.21. The van der Waals surface area contributed by atoms with Crippen molar-refractivity contribution in [2.24, 2.45) is 11.8 Å². The van der Waals surface area contributed by atoms with Crippen molar-refractivity contribution < 1.29 is 20.4 Å². The lowest BCUT2D eigenvalue weighted by Crippen LogP contribution is -2.33. The van der Waals surface area contributed by atoms with Gasteiger partial charge in [0, 0.05) is 25.9 Å². The molecule has 6 heteroatoms. The third kappa shape index (κ3) is 6.42. The number of hydrogen-bond acceptors (Lipinski definition) is 6. The Labute approximate surface area is 156 Å². The molecule has 26 heavy (non-hydrogen) atoms. The molecule has 2 rings (SSSR count). The first-order valence-corrected chi connectivity index (χ1v) is 9.30. The number of nitrogens with zero attached hydrogens (tertiary/aromatic N) is 2. The third-order valence-electron chi connectivity index (χ3n) is 5.18. The van der Waals surface area contributed by atoms with Crippen LogP contribution >= 0.6 is 0 Å². The number of hydrogen-bond donors (Lipinski definition) is 4. The lowest BCUT2D eigenvalue weighted by atomic mass is 9.95. The van der Waals surface area contributed by atoms with Gasteiger partial charge in [-0.25, -0.2) is 0 Å². The topological polar surface area (TPSA) is 87.4 Å². The molecular weight excluding hydrogens is 332 g/mol. The Hall–Kier alpha value is -1.92. The second kappa shape index (κ2) is 9.69. The molecule has 0 amide bonds. The summed E-state index contributed by atoms with van der Waals surface area (Å²) in [5, 5.41) is 38.0. The van der Waals surface area contributed by atoms with E-state index < -0.39 is 0 Å². The predicted molar refractivity (Wildman–Crippen MR) is 103 cm³/mol. The normalized spacial score (nSPS) is 23.5. The summed E-state index contributed by atoms with van der Waals surface area (Å²) in [5.74, 6) is 0.713. The molecular formula is C20H32N2O4.